The number of rotatable bonds is 2. The third kappa shape index (κ3) is 2.24. The van der Waals surface area contributed by atoms with Crippen LogP contribution in [0.4, 0.5) is 4.39 Å². The standard InChI is InChI=1S/C14H13FN2O2/c1-16-8-13-14-12(6-9(15)7-17-14)18-10-4-2-3-5-11(10)19-13/h2-7,13,16H,8H2,1H3/t13-/m1/s1. The van der Waals surface area contributed by atoms with Crippen LogP contribution in [-0.2, 0) is 0 Å². The second-order valence-corrected chi connectivity index (χ2v) is 4.25. The van der Waals surface area contributed by atoms with E-state index in [2.05, 4.69) is 10.3 Å². The van der Waals surface area contributed by atoms with Crippen molar-refractivity contribution in [3.8, 4) is 17.2 Å². The monoisotopic (exact) mass is 260 g/mol. The van der Waals surface area contributed by atoms with E-state index in [1.807, 2.05) is 25.2 Å². The van der Waals surface area contributed by atoms with Gasteiger partial charge in [0.2, 0.25) is 0 Å². The number of hydrogen-bond donors (Lipinski definition) is 1. The lowest BCUT2D eigenvalue weighted by Crippen LogP contribution is -2.22. The average Bonchev–Trinajstić information content (AvgIpc) is 2.55. The molecule has 0 aliphatic carbocycles. The van der Waals surface area contributed by atoms with Crippen LogP contribution in [0.1, 0.15) is 11.8 Å². The molecule has 1 aliphatic rings. The number of halogens is 1. The molecule has 0 spiro atoms. The van der Waals surface area contributed by atoms with E-state index < -0.39 is 5.82 Å². The molecule has 0 fully saturated rings. The number of aromatic nitrogens is 1. The molecule has 0 saturated heterocycles. The second kappa shape index (κ2) is 4.85. The van der Waals surface area contributed by atoms with Crippen molar-refractivity contribution >= 4 is 0 Å². The first-order valence-corrected chi connectivity index (χ1v) is 6.01. The van der Waals surface area contributed by atoms with Gasteiger partial charge in [-0.05, 0) is 19.2 Å². The molecule has 2 aromatic rings. The molecule has 0 unspecified atom stereocenters. The van der Waals surface area contributed by atoms with Gasteiger partial charge in [0.25, 0.3) is 0 Å². The third-order valence-electron chi connectivity index (χ3n) is 2.88. The van der Waals surface area contributed by atoms with Crippen molar-refractivity contribution in [1.82, 2.24) is 10.3 Å². The van der Waals surface area contributed by atoms with Gasteiger partial charge in [0.1, 0.15) is 11.5 Å². The lowest BCUT2D eigenvalue weighted by atomic mass is 10.2. The third-order valence-corrected chi connectivity index (χ3v) is 2.88. The van der Waals surface area contributed by atoms with E-state index in [4.69, 9.17) is 9.47 Å². The van der Waals surface area contributed by atoms with Gasteiger partial charge >= 0.3 is 0 Å². The van der Waals surface area contributed by atoms with Crippen molar-refractivity contribution in [2.75, 3.05) is 13.6 Å². The van der Waals surface area contributed by atoms with Crippen LogP contribution in [0.15, 0.2) is 36.5 Å². The maximum Gasteiger partial charge on any atom is 0.169 e. The number of fused-ring (bicyclic) bond motifs is 2. The zero-order valence-corrected chi connectivity index (χ0v) is 10.4. The maximum absolute atomic E-state index is 13.3. The van der Waals surface area contributed by atoms with E-state index in [1.165, 1.54) is 12.3 Å². The van der Waals surface area contributed by atoms with Crippen molar-refractivity contribution in [3.05, 3.63) is 48.0 Å². The number of para-hydroxylation sites is 2. The Hall–Kier alpha value is -2.14. The molecule has 1 N–H and O–H groups in total. The fourth-order valence-electron chi connectivity index (χ4n) is 2.04. The number of nitrogens with one attached hydrogen (secondary N) is 1. The molecule has 0 saturated carbocycles. The number of nitrogens with zero attached hydrogens (tertiary/aromatic N) is 1. The molecule has 1 aromatic carbocycles. The Morgan fingerprint density at radius 1 is 1.26 bits per heavy atom. The summed E-state index contributed by atoms with van der Waals surface area (Å²) in [6.45, 7) is 0.559. The predicted octanol–water partition coefficient (Wildman–Crippen LogP) is 2.67. The highest BCUT2D eigenvalue weighted by Crippen LogP contribution is 2.40. The van der Waals surface area contributed by atoms with Crippen LogP contribution in [0.2, 0.25) is 0 Å². The molecule has 4 nitrogen and oxygen atoms in total. The highest BCUT2D eigenvalue weighted by molar-refractivity contribution is 5.46. The van der Waals surface area contributed by atoms with Crippen molar-refractivity contribution in [2.24, 2.45) is 0 Å². The first-order valence-electron chi connectivity index (χ1n) is 6.01. The minimum absolute atomic E-state index is 0.316. The van der Waals surface area contributed by atoms with E-state index in [-0.39, 0.29) is 6.10 Å². The molecule has 5 heteroatoms. The highest BCUT2D eigenvalue weighted by atomic mass is 19.1. The molecular weight excluding hydrogens is 247 g/mol. The largest absolute Gasteiger partial charge is 0.479 e. The van der Waals surface area contributed by atoms with Crippen LogP contribution >= 0.6 is 0 Å². The minimum atomic E-state index is -0.429. The molecule has 98 valence electrons. The molecule has 1 atom stereocenters. The zero-order chi connectivity index (χ0) is 13.2. The smallest absolute Gasteiger partial charge is 0.169 e. The quantitative estimate of drug-likeness (QED) is 0.901. The number of benzene rings is 1. The van der Waals surface area contributed by atoms with Gasteiger partial charge in [0.15, 0.2) is 23.4 Å². The summed E-state index contributed by atoms with van der Waals surface area (Å²) in [7, 11) is 1.82. The van der Waals surface area contributed by atoms with E-state index in [9.17, 15) is 4.39 Å². The zero-order valence-electron chi connectivity index (χ0n) is 10.4. The van der Waals surface area contributed by atoms with Gasteiger partial charge in [-0.15, -0.1) is 0 Å². The Labute approximate surface area is 110 Å². The van der Waals surface area contributed by atoms with Gasteiger partial charge in [0, 0.05) is 12.6 Å². The summed E-state index contributed by atoms with van der Waals surface area (Å²) in [6, 6.07) is 8.64. The lowest BCUT2D eigenvalue weighted by molar-refractivity contribution is 0.202. The average molecular weight is 260 g/mol. The SMILES string of the molecule is CNC[C@H]1Oc2ccccc2Oc2cc(F)cnc21. The summed E-state index contributed by atoms with van der Waals surface area (Å²) in [5.41, 5.74) is 0.590. The normalized spacial score (nSPS) is 16.6. The van der Waals surface area contributed by atoms with Gasteiger partial charge in [-0.1, -0.05) is 12.1 Å². The molecule has 3 rings (SSSR count). The van der Waals surface area contributed by atoms with Crippen LogP contribution in [0.25, 0.3) is 0 Å². The first-order chi connectivity index (χ1) is 9.28. The Bertz CT molecular complexity index is 604. The highest BCUT2D eigenvalue weighted by Gasteiger charge is 2.25. The van der Waals surface area contributed by atoms with Gasteiger partial charge in [-0.3, -0.25) is 4.98 Å². The molecule has 1 aromatic heterocycles. The van der Waals surface area contributed by atoms with Crippen molar-refractivity contribution < 1.29 is 13.9 Å². The number of ether oxygens (including phenoxy) is 2. The van der Waals surface area contributed by atoms with Crippen molar-refractivity contribution in [3.63, 3.8) is 0 Å². The first kappa shape index (κ1) is 11.9. The Morgan fingerprint density at radius 3 is 2.84 bits per heavy atom. The van der Waals surface area contributed by atoms with Gasteiger partial charge in [-0.25, -0.2) is 4.39 Å². The molecule has 0 bridgehead atoms. The maximum atomic E-state index is 13.3. The minimum Gasteiger partial charge on any atom is -0.479 e. The van der Waals surface area contributed by atoms with E-state index in [0.717, 1.165) is 0 Å². The molecular formula is C14H13FN2O2. The summed E-state index contributed by atoms with van der Waals surface area (Å²) in [5.74, 6) is 1.16. The molecule has 1 aliphatic heterocycles. The summed E-state index contributed by atoms with van der Waals surface area (Å²) >= 11 is 0. The molecule has 0 radical (unpaired) electrons. The van der Waals surface area contributed by atoms with Crippen LogP contribution in [-0.4, -0.2) is 18.6 Å². The van der Waals surface area contributed by atoms with Gasteiger partial charge in [0.05, 0.1) is 6.20 Å². The summed E-state index contributed by atoms with van der Waals surface area (Å²) < 4.78 is 24.9. The molecule has 19 heavy (non-hydrogen) atoms. The van der Waals surface area contributed by atoms with Crippen molar-refractivity contribution in [1.29, 1.82) is 0 Å². The molecule has 0 amide bonds. The van der Waals surface area contributed by atoms with Gasteiger partial charge in [-0.2, -0.15) is 0 Å². The fourth-order valence-corrected chi connectivity index (χ4v) is 2.04. The number of pyridine rings is 1. The summed E-state index contributed by atoms with van der Waals surface area (Å²) in [5, 5.41) is 3.04. The van der Waals surface area contributed by atoms with E-state index >= 15 is 0 Å². The topological polar surface area (TPSA) is 43.4 Å². The number of hydrogen-bond acceptors (Lipinski definition) is 4. The second-order valence-electron chi connectivity index (χ2n) is 4.25. The number of likely N-dealkylation sites (N-methyl/N-ethyl adjacent to an activating group) is 1. The Kier molecular flexibility index (Phi) is 3.05. The lowest BCUT2D eigenvalue weighted by Gasteiger charge is -2.16. The summed E-state index contributed by atoms with van der Waals surface area (Å²) in [6.07, 6.45) is 0.855. The van der Waals surface area contributed by atoms with E-state index in [1.54, 1.807) is 6.07 Å². The Morgan fingerprint density at radius 2 is 2.05 bits per heavy atom. The van der Waals surface area contributed by atoms with Crippen LogP contribution in [0.3, 0.4) is 0 Å². The van der Waals surface area contributed by atoms with Crippen LogP contribution < -0.4 is 14.8 Å². The van der Waals surface area contributed by atoms with Gasteiger partial charge < -0.3 is 14.8 Å². The Balaban J connectivity index is 2.10. The predicted molar refractivity (Wildman–Crippen MR) is 68.0 cm³/mol. The van der Waals surface area contributed by atoms with Crippen LogP contribution in [0, 0.1) is 5.82 Å². The van der Waals surface area contributed by atoms with E-state index in [0.29, 0.717) is 29.5 Å². The summed E-state index contributed by atoms with van der Waals surface area (Å²) in [4.78, 5) is 4.10. The van der Waals surface area contributed by atoms with Crippen LogP contribution in [0.5, 0.6) is 17.2 Å². The molecule has 2 heterocycles. The fraction of sp³-hybridized carbons (Fsp3) is 0.214. The van der Waals surface area contributed by atoms with Crippen molar-refractivity contribution in [2.45, 2.75) is 6.10 Å².